The average Bonchev–Trinajstić information content (AvgIpc) is 2.40. The lowest BCUT2D eigenvalue weighted by Gasteiger charge is -2.13. The maximum atomic E-state index is 13.8. The lowest BCUT2D eigenvalue weighted by molar-refractivity contribution is 0.441. The number of halogens is 2. The maximum absolute atomic E-state index is 13.8. The fraction of sp³-hybridized carbons (Fsp3) is 0.294. The van der Waals surface area contributed by atoms with Gasteiger partial charge in [0.25, 0.3) is 0 Å². The highest BCUT2D eigenvalue weighted by molar-refractivity contribution is 6.17. The summed E-state index contributed by atoms with van der Waals surface area (Å²) >= 11 is 5.67. The van der Waals surface area contributed by atoms with Crippen LogP contribution in [0.5, 0.6) is 11.5 Å². The number of hydrogen-bond donors (Lipinski definition) is 0. The summed E-state index contributed by atoms with van der Waals surface area (Å²) in [5.41, 5.74) is 3.16. The summed E-state index contributed by atoms with van der Waals surface area (Å²) in [6.45, 7) is 6.33. The zero-order valence-corrected chi connectivity index (χ0v) is 12.7. The fourth-order valence-corrected chi connectivity index (χ4v) is 2.36. The second kappa shape index (κ2) is 6.27. The Kier molecular flexibility index (Phi) is 4.66. The molecule has 2 aromatic carbocycles. The van der Waals surface area contributed by atoms with Crippen molar-refractivity contribution < 1.29 is 9.13 Å². The van der Waals surface area contributed by atoms with Gasteiger partial charge in [0.1, 0.15) is 5.75 Å². The van der Waals surface area contributed by atoms with Gasteiger partial charge >= 0.3 is 0 Å². The van der Waals surface area contributed by atoms with Gasteiger partial charge in [0.2, 0.25) is 0 Å². The molecule has 0 unspecified atom stereocenters. The zero-order chi connectivity index (χ0) is 14.7. The van der Waals surface area contributed by atoms with Gasteiger partial charge in [-0.1, -0.05) is 26.0 Å². The first-order valence-electron chi connectivity index (χ1n) is 6.64. The van der Waals surface area contributed by atoms with Crippen LogP contribution in [0.1, 0.15) is 36.5 Å². The number of hydrogen-bond acceptors (Lipinski definition) is 1. The molecule has 0 amide bonds. The third-order valence-corrected chi connectivity index (χ3v) is 3.55. The van der Waals surface area contributed by atoms with Crippen molar-refractivity contribution in [1.29, 1.82) is 0 Å². The average molecular weight is 293 g/mol. The van der Waals surface area contributed by atoms with Crippen molar-refractivity contribution in [2.24, 2.45) is 0 Å². The van der Waals surface area contributed by atoms with E-state index >= 15 is 0 Å². The molecule has 1 nitrogen and oxygen atoms in total. The minimum atomic E-state index is -0.395. The highest BCUT2D eigenvalue weighted by Gasteiger charge is 2.08. The molecule has 0 saturated heterocycles. The minimum Gasteiger partial charge on any atom is -0.454 e. The van der Waals surface area contributed by atoms with Crippen LogP contribution in [0.4, 0.5) is 4.39 Å². The summed E-state index contributed by atoms with van der Waals surface area (Å²) in [5.74, 6) is 1.22. The van der Waals surface area contributed by atoms with Gasteiger partial charge in [-0.25, -0.2) is 4.39 Å². The Hall–Kier alpha value is -1.54. The van der Waals surface area contributed by atoms with Gasteiger partial charge in [-0.3, -0.25) is 0 Å². The number of ether oxygens (including phenoxy) is 1. The SMILES string of the molecule is Cc1cc(Oc2ccc(CCl)cc2F)ccc1C(C)C. The van der Waals surface area contributed by atoms with Crippen LogP contribution in [0.2, 0.25) is 0 Å². The smallest absolute Gasteiger partial charge is 0.166 e. The van der Waals surface area contributed by atoms with Crippen LogP contribution in [-0.4, -0.2) is 0 Å². The first-order chi connectivity index (χ1) is 9.51. The van der Waals surface area contributed by atoms with Gasteiger partial charge in [-0.2, -0.15) is 0 Å². The van der Waals surface area contributed by atoms with Gasteiger partial charge in [-0.15, -0.1) is 11.6 Å². The molecule has 106 valence electrons. The second-order valence-electron chi connectivity index (χ2n) is 5.17. The molecule has 0 saturated carbocycles. The van der Waals surface area contributed by atoms with E-state index in [4.69, 9.17) is 16.3 Å². The molecule has 0 bridgehead atoms. The Labute approximate surface area is 124 Å². The van der Waals surface area contributed by atoms with Gasteiger partial charge in [-0.05, 0) is 53.8 Å². The van der Waals surface area contributed by atoms with Gasteiger partial charge < -0.3 is 4.74 Å². The molecule has 20 heavy (non-hydrogen) atoms. The molecular formula is C17H18ClFO. The highest BCUT2D eigenvalue weighted by atomic mass is 35.5. The predicted octanol–water partition coefficient (Wildman–Crippen LogP) is 5.79. The van der Waals surface area contributed by atoms with Gasteiger partial charge in [0, 0.05) is 5.88 Å². The summed E-state index contributed by atoms with van der Waals surface area (Å²) in [6.07, 6.45) is 0. The second-order valence-corrected chi connectivity index (χ2v) is 5.44. The molecule has 0 heterocycles. The summed E-state index contributed by atoms with van der Waals surface area (Å²) in [5, 5.41) is 0. The van der Waals surface area contributed by atoms with Crippen molar-refractivity contribution in [2.45, 2.75) is 32.6 Å². The van der Waals surface area contributed by atoms with Crippen molar-refractivity contribution in [3.63, 3.8) is 0 Å². The Morgan fingerprint density at radius 2 is 1.90 bits per heavy atom. The van der Waals surface area contributed by atoms with E-state index in [9.17, 15) is 4.39 Å². The van der Waals surface area contributed by atoms with E-state index in [1.807, 2.05) is 25.1 Å². The molecule has 2 rings (SSSR count). The largest absolute Gasteiger partial charge is 0.454 e. The fourth-order valence-electron chi connectivity index (χ4n) is 2.20. The molecule has 0 aliphatic carbocycles. The third kappa shape index (κ3) is 3.31. The maximum Gasteiger partial charge on any atom is 0.166 e. The van der Waals surface area contributed by atoms with E-state index in [0.29, 0.717) is 17.5 Å². The summed E-state index contributed by atoms with van der Waals surface area (Å²) in [7, 11) is 0. The highest BCUT2D eigenvalue weighted by Crippen LogP contribution is 2.29. The molecule has 2 aromatic rings. The molecule has 0 aliphatic heterocycles. The van der Waals surface area contributed by atoms with Gasteiger partial charge in [0.05, 0.1) is 0 Å². The lowest BCUT2D eigenvalue weighted by atomic mass is 9.98. The van der Waals surface area contributed by atoms with E-state index in [1.165, 1.54) is 11.6 Å². The van der Waals surface area contributed by atoms with Crippen LogP contribution in [-0.2, 0) is 5.88 Å². The summed E-state index contributed by atoms with van der Waals surface area (Å²) in [6, 6.07) is 10.6. The number of alkyl halides is 1. The third-order valence-electron chi connectivity index (χ3n) is 3.24. The zero-order valence-electron chi connectivity index (χ0n) is 11.9. The normalized spacial score (nSPS) is 10.9. The molecule has 3 heteroatoms. The Balaban J connectivity index is 2.24. The van der Waals surface area contributed by atoms with E-state index < -0.39 is 5.82 Å². The van der Waals surface area contributed by atoms with Crippen molar-refractivity contribution in [3.8, 4) is 11.5 Å². The molecule has 0 aliphatic rings. The minimum absolute atomic E-state index is 0.218. The first-order valence-corrected chi connectivity index (χ1v) is 7.17. The monoisotopic (exact) mass is 292 g/mol. The number of rotatable bonds is 4. The molecule has 0 radical (unpaired) electrons. The van der Waals surface area contributed by atoms with Crippen LogP contribution < -0.4 is 4.74 Å². The topological polar surface area (TPSA) is 9.23 Å². The lowest BCUT2D eigenvalue weighted by Crippen LogP contribution is -1.94. The number of aryl methyl sites for hydroxylation is 1. The van der Waals surface area contributed by atoms with E-state index in [1.54, 1.807) is 12.1 Å². The molecule has 0 aromatic heterocycles. The van der Waals surface area contributed by atoms with Crippen molar-refractivity contribution >= 4 is 11.6 Å². The van der Waals surface area contributed by atoms with E-state index in [2.05, 4.69) is 13.8 Å². The molecule has 0 spiro atoms. The Bertz CT molecular complexity index is 608. The first kappa shape index (κ1) is 14.9. The van der Waals surface area contributed by atoms with Crippen LogP contribution in [0.15, 0.2) is 36.4 Å². The Morgan fingerprint density at radius 1 is 1.15 bits per heavy atom. The Morgan fingerprint density at radius 3 is 2.45 bits per heavy atom. The molecule has 0 N–H and O–H groups in total. The summed E-state index contributed by atoms with van der Waals surface area (Å²) in [4.78, 5) is 0. The van der Waals surface area contributed by atoms with Crippen LogP contribution >= 0.6 is 11.6 Å². The predicted molar refractivity (Wildman–Crippen MR) is 81.3 cm³/mol. The van der Waals surface area contributed by atoms with Gasteiger partial charge in [0.15, 0.2) is 11.6 Å². The van der Waals surface area contributed by atoms with Crippen LogP contribution in [0.25, 0.3) is 0 Å². The van der Waals surface area contributed by atoms with Crippen LogP contribution in [0, 0.1) is 12.7 Å². The number of benzene rings is 2. The van der Waals surface area contributed by atoms with Crippen molar-refractivity contribution in [1.82, 2.24) is 0 Å². The standard InChI is InChI=1S/C17H18ClFO/c1-11(2)15-6-5-14(8-12(15)3)20-17-7-4-13(10-18)9-16(17)19/h4-9,11H,10H2,1-3H3. The molecule has 0 atom stereocenters. The molecule has 0 fully saturated rings. The van der Waals surface area contributed by atoms with Crippen molar-refractivity contribution in [2.75, 3.05) is 0 Å². The molecular weight excluding hydrogens is 275 g/mol. The van der Waals surface area contributed by atoms with Crippen LogP contribution in [0.3, 0.4) is 0 Å². The van der Waals surface area contributed by atoms with E-state index in [0.717, 1.165) is 11.1 Å². The van der Waals surface area contributed by atoms with E-state index in [-0.39, 0.29) is 5.75 Å². The summed E-state index contributed by atoms with van der Waals surface area (Å²) < 4.78 is 19.5. The quantitative estimate of drug-likeness (QED) is 0.648. The van der Waals surface area contributed by atoms with Crippen molar-refractivity contribution in [3.05, 3.63) is 58.9 Å².